The van der Waals surface area contributed by atoms with Gasteiger partial charge < -0.3 is 14.2 Å². The molecule has 2 rings (SSSR count). The number of ether oxygens (including phenoxy) is 3. The summed E-state index contributed by atoms with van der Waals surface area (Å²) in [6.07, 6.45) is 2.47. The number of hydrogen-bond acceptors (Lipinski definition) is 5. The van der Waals surface area contributed by atoms with E-state index in [-0.39, 0.29) is 25.1 Å². The molecule has 0 heterocycles. The van der Waals surface area contributed by atoms with E-state index in [1.54, 1.807) is 14.0 Å². The van der Waals surface area contributed by atoms with Crippen LogP contribution in [0.15, 0.2) is 18.2 Å². The molecule has 25 heavy (non-hydrogen) atoms. The Bertz CT molecular complexity index is 594. The van der Waals surface area contributed by atoms with Crippen molar-refractivity contribution in [1.82, 2.24) is 0 Å². The van der Waals surface area contributed by atoms with E-state index < -0.39 is 11.6 Å². The van der Waals surface area contributed by atoms with Gasteiger partial charge in [-0.2, -0.15) is 0 Å². The summed E-state index contributed by atoms with van der Waals surface area (Å²) in [5.74, 6) is -0.833. The number of esters is 2. The van der Waals surface area contributed by atoms with Gasteiger partial charge in [0.15, 0.2) is 0 Å². The van der Waals surface area contributed by atoms with Gasteiger partial charge in [-0.1, -0.05) is 18.2 Å². The van der Waals surface area contributed by atoms with Crippen LogP contribution in [0, 0.1) is 13.8 Å². The van der Waals surface area contributed by atoms with Crippen LogP contribution < -0.4 is 0 Å². The van der Waals surface area contributed by atoms with Crippen molar-refractivity contribution in [2.75, 3.05) is 13.7 Å². The first-order chi connectivity index (χ1) is 11.9. The van der Waals surface area contributed by atoms with Crippen molar-refractivity contribution in [3.63, 3.8) is 0 Å². The van der Waals surface area contributed by atoms with Crippen molar-refractivity contribution >= 4 is 11.9 Å². The molecule has 0 amide bonds. The second-order valence-corrected chi connectivity index (χ2v) is 6.67. The average Bonchev–Trinajstić information content (AvgIpc) is 2.59. The maximum atomic E-state index is 12.6. The molecule has 5 heteroatoms. The van der Waals surface area contributed by atoms with Crippen molar-refractivity contribution < 1.29 is 23.8 Å². The van der Waals surface area contributed by atoms with Gasteiger partial charge in [0.05, 0.1) is 19.1 Å². The van der Waals surface area contributed by atoms with Gasteiger partial charge in [-0.15, -0.1) is 0 Å². The lowest BCUT2D eigenvalue weighted by Gasteiger charge is -2.37. The summed E-state index contributed by atoms with van der Waals surface area (Å²) in [5.41, 5.74) is 1.87. The fourth-order valence-electron chi connectivity index (χ4n) is 3.43. The van der Waals surface area contributed by atoms with Crippen molar-refractivity contribution in [1.29, 1.82) is 0 Å². The topological polar surface area (TPSA) is 61.8 Å². The first-order valence-electron chi connectivity index (χ1n) is 8.89. The third kappa shape index (κ3) is 4.60. The standard InChI is InChI=1S/C20H28O5/c1-5-24-19(22)20(11-9-16(23-4)10-12-20)25-18(21)13-17-14(2)7-6-8-15(17)3/h6-8,16H,5,9-13H2,1-4H3. The van der Waals surface area contributed by atoms with Crippen molar-refractivity contribution in [2.24, 2.45) is 0 Å². The van der Waals surface area contributed by atoms with Crippen LogP contribution in [-0.4, -0.2) is 37.4 Å². The normalized spacial score (nSPS) is 23.1. The first-order valence-corrected chi connectivity index (χ1v) is 8.89. The zero-order valence-electron chi connectivity index (χ0n) is 15.6. The molecule has 1 aliphatic rings. The summed E-state index contributed by atoms with van der Waals surface area (Å²) in [6, 6.07) is 5.91. The quantitative estimate of drug-likeness (QED) is 0.738. The van der Waals surface area contributed by atoms with E-state index in [1.165, 1.54) is 0 Å². The molecular formula is C20H28O5. The number of aryl methyl sites for hydroxylation is 2. The Labute approximate surface area is 149 Å². The Hall–Kier alpha value is -1.88. The third-order valence-electron chi connectivity index (χ3n) is 5.00. The van der Waals surface area contributed by atoms with Crippen LogP contribution in [0.5, 0.6) is 0 Å². The molecule has 1 saturated carbocycles. The molecule has 0 N–H and O–H groups in total. The summed E-state index contributed by atoms with van der Waals surface area (Å²) < 4.78 is 16.3. The van der Waals surface area contributed by atoms with Crippen LogP contribution in [0.1, 0.15) is 49.3 Å². The smallest absolute Gasteiger partial charge is 0.350 e. The summed E-state index contributed by atoms with van der Waals surface area (Å²) in [5, 5.41) is 0. The molecule has 1 fully saturated rings. The number of carbonyl (C=O) groups is 2. The van der Waals surface area contributed by atoms with Gasteiger partial charge in [0.2, 0.25) is 5.60 Å². The molecule has 0 bridgehead atoms. The Kier molecular flexibility index (Phi) is 6.59. The second kappa shape index (κ2) is 8.48. The molecule has 0 aromatic heterocycles. The Morgan fingerprint density at radius 3 is 2.28 bits per heavy atom. The lowest BCUT2D eigenvalue weighted by atomic mass is 9.83. The maximum absolute atomic E-state index is 12.6. The molecule has 1 aromatic rings. The summed E-state index contributed by atoms with van der Waals surface area (Å²) in [4.78, 5) is 25.1. The predicted octanol–water partition coefficient (Wildman–Crippen LogP) is 3.28. The minimum atomic E-state index is -1.18. The largest absolute Gasteiger partial charge is 0.463 e. The minimum absolute atomic E-state index is 0.0971. The summed E-state index contributed by atoms with van der Waals surface area (Å²) in [6.45, 7) is 5.97. The molecule has 1 aromatic carbocycles. The molecule has 5 nitrogen and oxygen atoms in total. The molecule has 0 atom stereocenters. The molecule has 138 valence electrons. The van der Waals surface area contributed by atoms with Gasteiger partial charge in [0.25, 0.3) is 0 Å². The number of methoxy groups -OCH3 is 1. The van der Waals surface area contributed by atoms with Crippen LogP contribution in [0.4, 0.5) is 0 Å². The van der Waals surface area contributed by atoms with Crippen LogP contribution in [0.2, 0.25) is 0 Å². The zero-order valence-corrected chi connectivity index (χ0v) is 15.6. The summed E-state index contributed by atoms with van der Waals surface area (Å²) in [7, 11) is 1.66. The lowest BCUT2D eigenvalue weighted by Crippen LogP contribution is -2.48. The van der Waals surface area contributed by atoms with E-state index >= 15 is 0 Å². The van der Waals surface area contributed by atoms with Crippen LogP contribution >= 0.6 is 0 Å². The fraction of sp³-hybridized carbons (Fsp3) is 0.600. The van der Waals surface area contributed by atoms with Crippen LogP contribution in [-0.2, 0) is 30.2 Å². The van der Waals surface area contributed by atoms with Gasteiger partial charge in [-0.05, 0) is 50.3 Å². The average molecular weight is 348 g/mol. The maximum Gasteiger partial charge on any atom is 0.350 e. The highest BCUT2D eigenvalue weighted by molar-refractivity contribution is 5.84. The Morgan fingerprint density at radius 2 is 1.76 bits per heavy atom. The van der Waals surface area contributed by atoms with E-state index in [2.05, 4.69) is 0 Å². The molecule has 0 spiro atoms. The number of carbonyl (C=O) groups excluding carboxylic acids is 2. The fourth-order valence-corrected chi connectivity index (χ4v) is 3.43. The highest BCUT2D eigenvalue weighted by atomic mass is 16.6. The van der Waals surface area contributed by atoms with Gasteiger partial charge in [0, 0.05) is 20.0 Å². The van der Waals surface area contributed by atoms with Crippen LogP contribution in [0.25, 0.3) is 0 Å². The predicted molar refractivity (Wildman–Crippen MR) is 94.3 cm³/mol. The van der Waals surface area contributed by atoms with Crippen molar-refractivity contribution in [2.45, 2.75) is 64.6 Å². The molecule has 1 aliphatic carbocycles. The molecule has 0 unspecified atom stereocenters. The number of rotatable bonds is 6. The van der Waals surface area contributed by atoms with Gasteiger partial charge in [0.1, 0.15) is 0 Å². The molecule has 0 saturated heterocycles. The van der Waals surface area contributed by atoms with Gasteiger partial charge >= 0.3 is 11.9 Å². The van der Waals surface area contributed by atoms with Gasteiger partial charge in [-0.25, -0.2) is 4.79 Å². The van der Waals surface area contributed by atoms with E-state index in [0.29, 0.717) is 25.7 Å². The van der Waals surface area contributed by atoms with Crippen LogP contribution in [0.3, 0.4) is 0 Å². The van der Waals surface area contributed by atoms with E-state index in [4.69, 9.17) is 14.2 Å². The van der Waals surface area contributed by atoms with E-state index in [0.717, 1.165) is 16.7 Å². The third-order valence-corrected chi connectivity index (χ3v) is 5.00. The minimum Gasteiger partial charge on any atom is -0.463 e. The molecule has 0 radical (unpaired) electrons. The van der Waals surface area contributed by atoms with Gasteiger partial charge in [-0.3, -0.25) is 4.79 Å². The Balaban J connectivity index is 2.13. The molecular weight excluding hydrogens is 320 g/mol. The lowest BCUT2D eigenvalue weighted by molar-refractivity contribution is -0.189. The van der Waals surface area contributed by atoms with E-state index in [9.17, 15) is 9.59 Å². The highest BCUT2D eigenvalue weighted by Crippen LogP contribution is 2.35. The first kappa shape index (κ1) is 19.4. The monoisotopic (exact) mass is 348 g/mol. The highest BCUT2D eigenvalue weighted by Gasteiger charge is 2.46. The number of hydrogen-bond donors (Lipinski definition) is 0. The van der Waals surface area contributed by atoms with Crippen molar-refractivity contribution in [3.8, 4) is 0 Å². The Morgan fingerprint density at radius 1 is 1.16 bits per heavy atom. The second-order valence-electron chi connectivity index (χ2n) is 6.67. The van der Waals surface area contributed by atoms with E-state index in [1.807, 2.05) is 32.0 Å². The SMILES string of the molecule is CCOC(=O)C1(OC(=O)Cc2c(C)cccc2C)CCC(OC)CC1. The zero-order chi connectivity index (χ0) is 18.4. The van der Waals surface area contributed by atoms with Crippen molar-refractivity contribution in [3.05, 3.63) is 34.9 Å². The molecule has 0 aliphatic heterocycles. The summed E-state index contributed by atoms with van der Waals surface area (Å²) >= 11 is 0. The number of benzene rings is 1.